The lowest BCUT2D eigenvalue weighted by molar-refractivity contribution is 0.493. The molecule has 0 bridgehead atoms. The minimum Gasteiger partial charge on any atom is -0.304 e. The second kappa shape index (κ2) is 7.43. The van der Waals surface area contributed by atoms with E-state index < -0.39 is 0 Å². The Morgan fingerprint density at radius 3 is 2.14 bits per heavy atom. The summed E-state index contributed by atoms with van der Waals surface area (Å²) in [4.78, 5) is 1.27. The minimum absolute atomic E-state index is 0.150. The van der Waals surface area contributed by atoms with Crippen LogP contribution in [0.1, 0.15) is 37.1 Å². The summed E-state index contributed by atoms with van der Waals surface area (Å²) >= 11 is 4.98. The van der Waals surface area contributed by atoms with E-state index >= 15 is 0 Å². The lowest BCUT2D eigenvalue weighted by Gasteiger charge is -2.21. The van der Waals surface area contributed by atoms with Gasteiger partial charge in [0.1, 0.15) is 5.82 Å². The molecule has 0 radical (unpaired) electrons. The van der Waals surface area contributed by atoms with Gasteiger partial charge in [-0.1, -0.05) is 18.2 Å². The van der Waals surface area contributed by atoms with Crippen LogP contribution in [-0.2, 0) is 0 Å². The van der Waals surface area contributed by atoms with Crippen molar-refractivity contribution in [2.24, 2.45) is 0 Å². The Bertz CT molecular complexity index is 600. The molecule has 2 aromatic rings. The van der Waals surface area contributed by atoms with Crippen LogP contribution >= 0.6 is 27.7 Å². The SMILES string of the molecule is CSc1ccc(C(C)NC(C)c2ccc(F)c(Br)c2)cc1. The van der Waals surface area contributed by atoms with Gasteiger partial charge in [-0.2, -0.15) is 0 Å². The first-order valence-corrected chi connectivity index (χ1v) is 8.88. The van der Waals surface area contributed by atoms with Crippen LogP contribution in [-0.4, -0.2) is 6.26 Å². The Kier molecular flexibility index (Phi) is 5.85. The van der Waals surface area contributed by atoms with E-state index in [9.17, 15) is 4.39 Å². The summed E-state index contributed by atoms with van der Waals surface area (Å²) in [7, 11) is 0. The highest BCUT2D eigenvalue weighted by Gasteiger charge is 2.12. The maximum absolute atomic E-state index is 13.3. The molecule has 0 aromatic heterocycles. The Morgan fingerprint density at radius 1 is 1.00 bits per heavy atom. The van der Waals surface area contributed by atoms with Gasteiger partial charge in [0.2, 0.25) is 0 Å². The molecule has 112 valence electrons. The van der Waals surface area contributed by atoms with Crippen LogP contribution in [0.2, 0.25) is 0 Å². The van der Waals surface area contributed by atoms with E-state index in [4.69, 9.17) is 0 Å². The fourth-order valence-electron chi connectivity index (χ4n) is 2.24. The van der Waals surface area contributed by atoms with E-state index in [1.165, 1.54) is 16.5 Å². The number of nitrogens with one attached hydrogen (secondary N) is 1. The number of thioether (sulfide) groups is 1. The fourth-order valence-corrected chi connectivity index (χ4v) is 3.05. The Hall–Kier alpha value is -0.840. The van der Waals surface area contributed by atoms with Gasteiger partial charge in [-0.3, -0.25) is 0 Å². The summed E-state index contributed by atoms with van der Waals surface area (Å²) in [6.45, 7) is 4.23. The first kappa shape index (κ1) is 16.5. The third kappa shape index (κ3) is 4.31. The normalized spacial score (nSPS) is 14.0. The van der Waals surface area contributed by atoms with Gasteiger partial charge in [-0.15, -0.1) is 11.8 Å². The van der Waals surface area contributed by atoms with E-state index in [0.29, 0.717) is 4.47 Å². The molecule has 2 atom stereocenters. The topological polar surface area (TPSA) is 12.0 Å². The first-order valence-electron chi connectivity index (χ1n) is 6.86. The van der Waals surface area contributed by atoms with E-state index in [0.717, 1.165) is 5.56 Å². The second-order valence-corrected chi connectivity index (χ2v) is 6.79. The monoisotopic (exact) mass is 367 g/mol. The van der Waals surface area contributed by atoms with Crippen LogP contribution in [0.25, 0.3) is 0 Å². The Labute approximate surface area is 138 Å². The molecule has 2 rings (SSSR count). The number of rotatable bonds is 5. The average molecular weight is 368 g/mol. The molecule has 21 heavy (non-hydrogen) atoms. The van der Waals surface area contributed by atoms with Crippen LogP contribution < -0.4 is 5.32 Å². The lowest BCUT2D eigenvalue weighted by atomic mass is 10.0. The standard InChI is InChI=1S/C17H19BrFNS/c1-11(13-4-7-15(21-3)8-5-13)20-12(2)14-6-9-17(19)16(18)10-14/h4-12,20H,1-3H3. The van der Waals surface area contributed by atoms with Gasteiger partial charge < -0.3 is 5.32 Å². The van der Waals surface area contributed by atoms with Crippen LogP contribution in [0.3, 0.4) is 0 Å². The maximum atomic E-state index is 13.3. The molecule has 0 fully saturated rings. The van der Waals surface area contributed by atoms with Gasteiger partial charge in [0, 0.05) is 17.0 Å². The molecule has 0 heterocycles. The third-order valence-corrected chi connectivity index (χ3v) is 4.91. The zero-order chi connectivity index (χ0) is 15.4. The maximum Gasteiger partial charge on any atom is 0.137 e. The zero-order valence-electron chi connectivity index (χ0n) is 12.4. The van der Waals surface area contributed by atoms with Crippen molar-refractivity contribution in [1.29, 1.82) is 0 Å². The molecule has 0 spiro atoms. The quantitative estimate of drug-likeness (QED) is 0.677. The Morgan fingerprint density at radius 2 is 1.57 bits per heavy atom. The molecule has 0 aliphatic rings. The van der Waals surface area contributed by atoms with Crippen molar-refractivity contribution in [3.8, 4) is 0 Å². The van der Waals surface area contributed by atoms with Crippen LogP contribution in [0.15, 0.2) is 51.8 Å². The van der Waals surface area contributed by atoms with Crippen molar-refractivity contribution >= 4 is 27.7 Å². The van der Waals surface area contributed by atoms with Gasteiger partial charge in [0.25, 0.3) is 0 Å². The van der Waals surface area contributed by atoms with E-state index in [-0.39, 0.29) is 17.9 Å². The van der Waals surface area contributed by atoms with E-state index in [1.807, 2.05) is 12.1 Å². The first-order chi connectivity index (χ1) is 10.0. The van der Waals surface area contributed by atoms with E-state index in [1.54, 1.807) is 11.8 Å². The van der Waals surface area contributed by atoms with Crippen molar-refractivity contribution < 1.29 is 4.39 Å². The third-order valence-electron chi connectivity index (χ3n) is 3.56. The van der Waals surface area contributed by atoms with Crippen molar-refractivity contribution in [2.75, 3.05) is 6.26 Å². The fraction of sp³-hybridized carbons (Fsp3) is 0.294. The molecule has 0 aliphatic carbocycles. The number of hydrogen-bond acceptors (Lipinski definition) is 2. The number of benzene rings is 2. The summed E-state index contributed by atoms with van der Waals surface area (Å²) in [5.41, 5.74) is 2.32. The molecule has 4 heteroatoms. The largest absolute Gasteiger partial charge is 0.304 e. The summed E-state index contributed by atoms with van der Waals surface area (Å²) in [6, 6.07) is 14.1. The highest BCUT2D eigenvalue weighted by molar-refractivity contribution is 9.10. The highest BCUT2D eigenvalue weighted by Crippen LogP contribution is 2.24. The number of hydrogen-bond donors (Lipinski definition) is 1. The summed E-state index contributed by atoms with van der Waals surface area (Å²) < 4.78 is 13.8. The van der Waals surface area contributed by atoms with Gasteiger partial charge >= 0.3 is 0 Å². The molecule has 1 N–H and O–H groups in total. The summed E-state index contributed by atoms with van der Waals surface area (Å²) in [5, 5.41) is 3.55. The van der Waals surface area contributed by atoms with Gasteiger partial charge in [0.15, 0.2) is 0 Å². The minimum atomic E-state index is -0.230. The van der Waals surface area contributed by atoms with Crippen LogP contribution in [0.4, 0.5) is 4.39 Å². The van der Waals surface area contributed by atoms with Gasteiger partial charge in [-0.05, 0) is 71.4 Å². The zero-order valence-corrected chi connectivity index (χ0v) is 14.8. The van der Waals surface area contributed by atoms with Crippen molar-refractivity contribution in [3.05, 3.63) is 63.9 Å². The van der Waals surface area contributed by atoms with Crippen LogP contribution in [0.5, 0.6) is 0 Å². The lowest BCUT2D eigenvalue weighted by Crippen LogP contribution is -2.22. The van der Waals surface area contributed by atoms with Crippen LogP contribution in [0, 0.1) is 5.82 Å². The van der Waals surface area contributed by atoms with Gasteiger partial charge in [0.05, 0.1) is 4.47 Å². The van der Waals surface area contributed by atoms with Crippen molar-refractivity contribution in [1.82, 2.24) is 5.32 Å². The van der Waals surface area contributed by atoms with Gasteiger partial charge in [-0.25, -0.2) is 4.39 Å². The van der Waals surface area contributed by atoms with Crippen molar-refractivity contribution in [2.45, 2.75) is 30.8 Å². The summed E-state index contributed by atoms with van der Waals surface area (Å²) in [6.07, 6.45) is 2.07. The average Bonchev–Trinajstić information content (AvgIpc) is 2.50. The predicted molar refractivity (Wildman–Crippen MR) is 92.3 cm³/mol. The molecule has 0 saturated heterocycles. The molecule has 0 aliphatic heterocycles. The molecule has 1 nitrogen and oxygen atoms in total. The highest BCUT2D eigenvalue weighted by atomic mass is 79.9. The molecule has 2 aromatic carbocycles. The molecule has 0 saturated carbocycles. The van der Waals surface area contributed by atoms with E-state index in [2.05, 4.69) is 65.6 Å². The molecule has 2 unspecified atom stereocenters. The number of halogens is 2. The van der Waals surface area contributed by atoms with Crippen molar-refractivity contribution in [3.63, 3.8) is 0 Å². The molecule has 0 amide bonds. The predicted octanol–water partition coefficient (Wildman–Crippen LogP) is 5.72. The Balaban J connectivity index is 2.06. The molecular weight excluding hydrogens is 349 g/mol. The summed E-state index contributed by atoms with van der Waals surface area (Å²) in [5.74, 6) is -0.230. The second-order valence-electron chi connectivity index (χ2n) is 5.06. The smallest absolute Gasteiger partial charge is 0.137 e. The molecular formula is C17H19BrFNS.